The first-order chi connectivity index (χ1) is 5.77. The van der Waals surface area contributed by atoms with Crippen molar-refractivity contribution in [3.8, 4) is 0 Å². The molecule has 1 aromatic rings. The van der Waals surface area contributed by atoms with Crippen LogP contribution in [0.1, 0.15) is 11.3 Å². The molecule has 0 bridgehead atoms. The lowest BCUT2D eigenvalue weighted by molar-refractivity contribution is 1.23. The van der Waals surface area contributed by atoms with E-state index in [0.29, 0.717) is 0 Å². The van der Waals surface area contributed by atoms with Gasteiger partial charge in [-0.1, -0.05) is 0 Å². The van der Waals surface area contributed by atoms with E-state index in [2.05, 4.69) is 15.3 Å². The predicted molar refractivity (Wildman–Crippen MR) is 52.0 cm³/mol. The van der Waals surface area contributed by atoms with Crippen LogP contribution >= 0.6 is 0 Å². The molecule has 0 aliphatic heterocycles. The van der Waals surface area contributed by atoms with E-state index in [1.54, 1.807) is 13.3 Å². The lowest BCUT2D eigenvalue weighted by atomic mass is 10.2. The molecule has 3 nitrogen and oxygen atoms in total. The van der Waals surface area contributed by atoms with Crippen molar-refractivity contribution in [1.82, 2.24) is 4.98 Å². The second kappa shape index (κ2) is 3.85. The molecule has 0 fully saturated rings. The minimum atomic E-state index is 0.880. The highest BCUT2D eigenvalue weighted by molar-refractivity contribution is 5.85. The second-order valence-corrected chi connectivity index (χ2v) is 2.58. The van der Waals surface area contributed by atoms with Gasteiger partial charge >= 0.3 is 0 Å². The molecule has 1 rings (SSSR count). The van der Waals surface area contributed by atoms with E-state index in [9.17, 15) is 0 Å². The molecule has 1 heterocycles. The van der Waals surface area contributed by atoms with Crippen LogP contribution in [-0.4, -0.2) is 25.3 Å². The van der Waals surface area contributed by atoms with Crippen LogP contribution in [0, 0.1) is 6.92 Å². The van der Waals surface area contributed by atoms with Crippen molar-refractivity contribution in [2.24, 2.45) is 4.99 Å². The summed E-state index contributed by atoms with van der Waals surface area (Å²) in [5.41, 5.74) is 3.04. The first-order valence-electron chi connectivity index (χ1n) is 3.84. The van der Waals surface area contributed by atoms with Crippen LogP contribution in [-0.2, 0) is 0 Å². The van der Waals surface area contributed by atoms with Gasteiger partial charge in [0.05, 0.1) is 5.69 Å². The average molecular weight is 163 g/mol. The fourth-order valence-electron chi connectivity index (χ4n) is 1.01. The van der Waals surface area contributed by atoms with E-state index in [4.69, 9.17) is 0 Å². The molecule has 0 aromatic carbocycles. The third-order valence-corrected chi connectivity index (χ3v) is 1.58. The third-order valence-electron chi connectivity index (χ3n) is 1.58. The number of nitrogens with one attached hydrogen (secondary N) is 1. The van der Waals surface area contributed by atoms with Crippen molar-refractivity contribution in [3.05, 3.63) is 23.5 Å². The predicted octanol–water partition coefficient (Wildman–Crippen LogP) is 1.48. The highest BCUT2D eigenvalue weighted by atomic mass is 14.9. The van der Waals surface area contributed by atoms with Crippen molar-refractivity contribution >= 4 is 11.9 Å². The summed E-state index contributed by atoms with van der Waals surface area (Å²) in [5, 5.41) is 3.07. The maximum absolute atomic E-state index is 4.23. The maximum atomic E-state index is 4.23. The van der Waals surface area contributed by atoms with E-state index in [0.717, 1.165) is 16.9 Å². The molecule has 0 saturated carbocycles. The van der Waals surface area contributed by atoms with Crippen molar-refractivity contribution in [3.63, 3.8) is 0 Å². The van der Waals surface area contributed by atoms with Crippen LogP contribution in [0.2, 0.25) is 0 Å². The van der Waals surface area contributed by atoms with Crippen molar-refractivity contribution in [1.29, 1.82) is 0 Å². The number of rotatable bonds is 2. The summed E-state index contributed by atoms with van der Waals surface area (Å²) in [6.45, 7) is 2.01. The Balaban J connectivity index is 3.10. The number of pyridine rings is 1. The van der Waals surface area contributed by atoms with Crippen LogP contribution in [0.3, 0.4) is 0 Å². The van der Waals surface area contributed by atoms with Gasteiger partial charge in [-0.15, -0.1) is 0 Å². The summed E-state index contributed by atoms with van der Waals surface area (Å²) in [6, 6.07) is 2.05. The Hall–Kier alpha value is -1.38. The van der Waals surface area contributed by atoms with E-state index < -0.39 is 0 Å². The highest BCUT2D eigenvalue weighted by Gasteiger charge is 1.98. The Labute approximate surface area is 72.6 Å². The van der Waals surface area contributed by atoms with Gasteiger partial charge in [0.15, 0.2) is 0 Å². The van der Waals surface area contributed by atoms with Crippen molar-refractivity contribution in [2.75, 3.05) is 19.4 Å². The number of aliphatic imine (C=N–C) groups is 1. The molecule has 0 aliphatic carbocycles. The molecule has 0 aliphatic rings. The molecule has 1 aromatic heterocycles. The molecule has 3 heteroatoms. The van der Waals surface area contributed by atoms with Crippen LogP contribution in [0.15, 0.2) is 17.3 Å². The highest BCUT2D eigenvalue weighted by Crippen LogP contribution is 2.11. The van der Waals surface area contributed by atoms with Gasteiger partial charge < -0.3 is 5.32 Å². The number of anilines is 1. The maximum Gasteiger partial charge on any atom is 0.104 e. The summed E-state index contributed by atoms with van der Waals surface area (Å²) in [7, 11) is 3.62. The largest absolute Gasteiger partial charge is 0.386 e. The normalized spacial score (nSPS) is 10.6. The quantitative estimate of drug-likeness (QED) is 0.670. The lowest BCUT2D eigenvalue weighted by Gasteiger charge is -2.03. The summed E-state index contributed by atoms with van der Waals surface area (Å²) in [5.74, 6) is 0. The molecule has 12 heavy (non-hydrogen) atoms. The number of hydrogen-bond acceptors (Lipinski definition) is 3. The van der Waals surface area contributed by atoms with E-state index in [1.165, 1.54) is 0 Å². The minimum absolute atomic E-state index is 0.880. The van der Waals surface area contributed by atoms with Crippen LogP contribution < -0.4 is 5.32 Å². The topological polar surface area (TPSA) is 37.3 Å². The fourth-order valence-corrected chi connectivity index (χ4v) is 1.01. The molecular weight excluding hydrogens is 150 g/mol. The molecule has 64 valence electrons. The number of aromatic nitrogens is 1. The Bertz CT molecular complexity index is 292. The van der Waals surface area contributed by atoms with E-state index in [-0.39, 0.29) is 0 Å². The summed E-state index contributed by atoms with van der Waals surface area (Å²) in [6.07, 6.45) is 3.57. The number of nitrogens with zero attached hydrogens (tertiary/aromatic N) is 2. The molecule has 1 N–H and O–H groups in total. The lowest BCUT2D eigenvalue weighted by Crippen LogP contribution is -1.98. The average Bonchev–Trinajstić information content (AvgIpc) is 2.08. The Kier molecular flexibility index (Phi) is 2.80. The van der Waals surface area contributed by atoms with Crippen LogP contribution in [0.25, 0.3) is 0 Å². The molecule has 0 saturated heterocycles. The summed E-state index contributed by atoms with van der Waals surface area (Å²) in [4.78, 5) is 8.14. The van der Waals surface area contributed by atoms with Gasteiger partial charge in [-0.25, -0.2) is 0 Å². The first kappa shape index (κ1) is 8.71. The van der Waals surface area contributed by atoms with E-state index in [1.807, 2.05) is 26.2 Å². The van der Waals surface area contributed by atoms with Gasteiger partial charge in [-0.05, 0) is 18.6 Å². The molecule has 0 atom stereocenters. The fraction of sp³-hybridized carbons (Fsp3) is 0.333. The van der Waals surface area contributed by atoms with E-state index >= 15 is 0 Å². The van der Waals surface area contributed by atoms with Gasteiger partial charge in [-0.2, -0.15) is 0 Å². The second-order valence-electron chi connectivity index (χ2n) is 2.58. The van der Waals surface area contributed by atoms with Crippen LogP contribution in [0.5, 0.6) is 0 Å². The Morgan fingerprint density at radius 2 is 2.33 bits per heavy atom. The van der Waals surface area contributed by atoms with Gasteiger partial charge in [-0.3, -0.25) is 9.98 Å². The first-order valence-corrected chi connectivity index (χ1v) is 3.84. The van der Waals surface area contributed by atoms with Crippen LogP contribution in [0.4, 0.5) is 5.69 Å². The van der Waals surface area contributed by atoms with Gasteiger partial charge in [0.2, 0.25) is 0 Å². The van der Waals surface area contributed by atoms with Crippen molar-refractivity contribution in [2.45, 2.75) is 6.92 Å². The molecule has 0 spiro atoms. The van der Waals surface area contributed by atoms with Gasteiger partial charge in [0, 0.05) is 26.5 Å². The standard InChI is InChI=1S/C9H13N3/c1-7-4-8(11-3)9(6-10-2)12-5-7/h4-6,11H,1-3H3. The SMILES string of the molecule is CN=Cc1ncc(C)cc1NC. The third kappa shape index (κ3) is 1.81. The minimum Gasteiger partial charge on any atom is -0.386 e. The zero-order chi connectivity index (χ0) is 8.97. The molecule has 0 amide bonds. The van der Waals surface area contributed by atoms with Crippen molar-refractivity contribution < 1.29 is 0 Å². The monoisotopic (exact) mass is 163 g/mol. The molecular formula is C9H13N3. The Morgan fingerprint density at radius 3 is 2.92 bits per heavy atom. The number of hydrogen-bond donors (Lipinski definition) is 1. The summed E-state index contributed by atoms with van der Waals surface area (Å²) < 4.78 is 0. The summed E-state index contributed by atoms with van der Waals surface area (Å²) >= 11 is 0. The zero-order valence-corrected chi connectivity index (χ0v) is 7.63. The molecule has 0 radical (unpaired) electrons. The number of aryl methyl sites for hydroxylation is 1. The zero-order valence-electron chi connectivity index (χ0n) is 7.63. The van der Waals surface area contributed by atoms with Gasteiger partial charge in [0.1, 0.15) is 5.69 Å². The van der Waals surface area contributed by atoms with Gasteiger partial charge in [0.25, 0.3) is 0 Å². The molecule has 0 unspecified atom stereocenters. The smallest absolute Gasteiger partial charge is 0.104 e. The Morgan fingerprint density at radius 1 is 1.58 bits per heavy atom.